The standard InChI is InChI=1S/C28H23ClN6O/c1-20-6-5-7-22(16-20)27-23(19-35(33-27)25-8-3-2-4-9-25)17-30-31-28(36)26-14-15-34(32-26)18-21-10-12-24(29)13-11-21/h2-17,19H,18H2,1H3,(H,31,36)/b30-17+. The molecule has 0 aliphatic carbocycles. The van der Waals surface area contributed by atoms with Gasteiger partial charge in [0.05, 0.1) is 18.4 Å². The predicted octanol–water partition coefficient (Wildman–Crippen LogP) is 5.51. The van der Waals surface area contributed by atoms with Crippen molar-refractivity contribution in [2.45, 2.75) is 13.5 Å². The Morgan fingerprint density at radius 1 is 1.00 bits per heavy atom. The lowest BCUT2D eigenvalue weighted by molar-refractivity contribution is 0.0949. The summed E-state index contributed by atoms with van der Waals surface area (Å²) in [5, 5.41) is 14.0. The Labute approximate surface area is 213 Å². The molecule has 0 aliphatic rings. The van der Waals surface area contributed by atoms with Gasteiger partial charge in [-0.1, -0.05) is 65.7 Å². The number of amides is 1. The van der Waals surface area contributed by atoms with Crippen LogP contribution in [0.25, 0.3) is 16.9 Å². The van der Waals surface area contributed by atoms with Crippen molar-refractivity contribution in [1.82, 2.24) is 25.0 Å². The Morgan fingerprint density at radius 2 is 1.81 bits per heavy atom. The van der Waals surface area contributed by atoms with Gasteiger partial charge in [0.15, 0.2) is 5.69 Å². The average molecular weight is 495 g/mol. The van der Waals surface area contributed by atoms with Crippen molar-refractivity contribution in [3.05, 3.63) is 125 Å². The summed E-state index contributed by atoms with van der Waals surface area (Å²) in [6.45, 7) is 2.57. The van der Waals surface area contributed by atoms with Gasteiger partial charge < -0.3 is 0 Å². The predicted molar refractivity (Wildman–Crippen MR) is 142 cm³/mol. The van der Waals surface area contributed by atoms with Gasteiger partial charge in [-0.05, 0) is 48.9 Å². The largest absolute Gasteiger partial charge is 0.291 e. The highest BCUT2D eigenvalue weighted by Gasteiger charge is 2.13. The van der Waals surface area contributed by atoms with Crippen LogP contribution in [0.1, 0.15) is 27.2 Å². The highest BCUT2D eigenvalue weighted by atomic mass is 35.5. The van der Waals surface area contributed by atoms with E-state index in [9.17, 15) is 4.79 Å². The van der Waals surface area contributed by atoms with E-state index in [1.165, 1.54) is 0 Å². The monoisotopic (exact) mass is 494 g/mol. The fraction of sp³-hybridized carbons (Fsp3) is 0.0714. The molecule has 3 aromatic carbocycles. The number of halogens is 1. The fourth-order valence-corrected chi connectivity index (χ4v) is 3.90. The number of carbonyl (C=O) groups excluding carboxylic acids is 1. The van der Waals surface area contributed by atoms with E-state index in [0.29, 0.717) is 11.6 Å². The lowest BCUT2D eigenvalue weighted by Gasteiger charge is -2.02. The van der Waals surface area contributed by atoms with Crippen molar-refractivity contribution in [3.8, 4) is 16.9 Å². The van der Waals surface area contributed by atoms with E-state index in [1.54, 1.807) is 27.8 Å². The molecule has 178 valence electrons. The van der Waals surface area contributed by atoms with Gasteiger partial charge in [0, 0.05) is 28.5 Å². The molecule has 5 rings (SSSR count). The van der Waals surface area contributed by atoms with Crippen LogP contribution >= 0.6 is 11.6 Å². The first-order chi connectivity index (χ1) is 17.5. The van der Waals surface area contributed by atoms with E-state index in [1.807, 2.05) is 85.9 Å². The molecule has 36 heavy (non-hydrogen) atoms. The van der Waals surface area contributed by atoms with Crippen LogP contribution in [0.3, 0.4) is 0 Å². The smallest absolute Gasteiger partial charge is 0.268 e. The number of aromatic nitrogens is 4. The van der Waals surface area contributed by atoms with Crippen molar-refractivity contribution in [3.63, 3.8) is 0 Å². The molecular formula is C28H23ClN6O. The van der Waals surface area contributed by atoms with Gasteiger partial charge >= 0.3 is 0 Å². The summed E-state index contributed by atoms with van der Waals surface area (Å²) in [4.78, 5) is 12.6. The van der Waals surface area contributed by atoms with E-state index >= 15 is 0 Å². The van der Waals surface area contributed by atoms with Gasteiger partial charge in [-0.3, -0.25) is 9.48 Å². The molecule has 0 atom stereocenters. The normalized spacial score (nSPS) is 11.2. The second-order valence-electron chi connectivity index (χ2n) is 8.31. The number of nitrogens with zero attached hydrogens (tertiary/aromatic N) is 5. The molecule has 0 fully saturated rings. The number of hydrazone groups is 1. The van der Waals surface area contributed by atoms with Crippen LogP contribution in [0.4, 0.5) is 0 Å². The fourth-order valence-electron chi connectivity index (χ4n) is 3.78. The summed E-state index contributed by atoms with van der Waals surface area (Å²) in [6.07, 6.45) is 5.25. The summed E-state index contributed by atoms with van der Waals surface area (Å²) >= 11 is 5.94. The molecule has 7 nitrogen and oxygen atoms in total. The molecule has 0 radical (unpaired) electrons. The molecule has 0 saturated heterocycles. The first-order valence-electron chi connectivity index (χ1n) is 11.4. The van der Waals surface area contributed by atoms with Crippen molar-refractivity contribution in [2.24, 2.45) is 5.10 Å². The molecule has 0 aliphatic heterocycles. The van der Waals surface area contributed by atoms with Crippen LogP contribution in [-0.4, -0.2) is 31.7 Å². The highest BCUT2D eigenvalue weighted by molar-refractivity contribution is 6.30. The molecule has 8 heteroatoms. The Kier molecular flexibility index (Phi) is 6.73. The number of carbonyl (C=O) groups is 1. The Hall–Kier alpha value is -4.49. The van der Waals surface area contributed by atoms with E-state index in [2.05, 4.69) is 21.7 Å². The van der Waals surface area contributed by atoms with E-state index in [-0.39, 0.29) is 5.69 Å². The maximum Gasteiger partial charge on any atom is 0.291 e. The van der Waals surface area contributed by atoms with Crippen LogP contribution in [0, 0.1) is 6.92 Å². The van der Waals surface area contributed by atoms with Gasteiger partial charge in [0.25, 0.3) is 5.91 Å². The van der Waals surface area contributed by atoms with Crippen molar-refractivity contribution >= 4 is 23.7 Å². The zero-order valence-corrected chi connectivity index (χ0v) is 20.3. The highest BCUT2D eigenvalue weighted by Crippen LogP contribution is 2.23. The third-order valence-electron chi connectivity index (χ3n) is 5.56. The molecule has 5 aromatic rings. The van der Waals surface area contributed by atoms with Gasteiger partial charge in [-0.25, -0.2) is 10.1 Å². The number of aryl methyl sites for hydroxylation is 1. The zero-order chi connectivity index (χ0) is 24.9. The third kappa shape index (κ3) is 5.42. The van der Waals surface area contributed by atoms with Crippen molar-refractivity contribution in [1.29, 1.82) is 0 Å². The van der Waals surface area contributed by atoms with E-state index < -0.39 is 5.91 Å². The van der Waals surface area contributed by atoms with Crippen molar-refractivity contribution < 1.29 is 4.79 Å². The van der Waals surface area contributed by atoms with Crippen LogP contribution in [-0.2, 0) is 6.54 Å². The quantitative estimate of drug-likeness (QED) is 0.239. The van der Waals surface area contributed by atoms with Crippen molar-refractivity contribution in [2.75, 3.05) is 0 Å². The van der Waals surface area contributed by atoms with Crippen LogP contribution in [0.2, 0.25) is 5.02 Å². The molecule has 0 saturated carbocycles. The molecule has 2 heterocycles. The topological polar surface area (TPSA) is 77.1 Å². The zero-order valence-electron chi connectivity index (χ0n) is 19.5. The van der Waals surface area contributed by atoms with Crippen LogP contribution < -0.4 is 5.43 Å². The van der Waals surface area contributed by atoms with Gasteiger partial charge in [0.2, 0.25) is 0 Å². The molecule has 0 spiro atoms. The number of hydrogen-bond donors (Lipinski definition) is 1. The lowest BCUT2D eigenvalue weighted by Crippen LogP contribution is -2.18. The second-order valence-corrected chi connectivity index (χ2v) is 8.74. The Morgan fingerprint density at radius 3 is 2.58 bits per heavy atom. The van der Waals surface area contributed by atoms with Gasteiger partial charge in [-0.2, -0.15) is 15.3 Å². The minimum atomic E-state index is -0.395. The minimum absolute atomic E-state index is 0.278. The molecule has 1 amide bonds. The first kappa shape index (κ1) is 23.3. The van der Waals surface area contributed by atoms with E-state index in [4.69, 9.17) is 16.7 Å². The maximum atomic E-state index is 12.6. The summed E-state index contributed by atoms with van der Waals surface area (Å²) in [5.74, 6) is -0.395. The number of para-hydroxylation sites is 1. The first-order valence-corrected chi connectivity index (χ1v) is 11.8. The minimum Gasteiger partial charge on any atom is -0.268 e. The molecule has 1 N–H and O–H groups in total. The summed E-state index contributed by atoms with van der Waals surface area (Å²) in [6, 6.07) is 27.1. The summed E-state index contributed by atoms with van der Waals surface area (Å²) in [5.41, 5.74) is 8.46. The lowest BCUT2D eigenvalue weighted by atomic mass is 10.1. The van der Waals surface area contributed by atoms with E-state index in [0.717, 1.165) is 33.6 Å². The molecule has 0 unspecified atom stereocenters. The van der Waals surface area contributed by atoms with Crippen LogP contribution in [0.5, 0.6) is 0 Å². The third-order valence-corrected chi connectivity index (χ3v) is 5.81. The summed E-state index contributed by atoms with van der Waals surface area (Å²) < 4.78 is 3.50. The number of rotatable bonds is 7. The number of hydrogen-bond acceptors (Lipinski definition) is 4. The second kappa shape index (κ2) is 10.4. The molecule has 2 aromatic heterocycles. The molecule has 0 bridgehead atoms. The average Bonchev–Trinajstić information content (AvgIpc) is 3.54. The maximum absolute atomic E-state index is 12.6. The van der Waals surface area contributed by atoms with Crippen LogP contribution in [0.15, 0.2) is 102 Å². The number of nitrogens with one attached hydrogen (secondary N) is 1. The van der Waals surface area contributed by atoms with Gasteiger partial charge in [0.1, 0.15) is 5.69 Å². The molecular weight excluding hydrogens is 472 g/mol. The Balaban J connectivity index is 1.33. The summed E-state index contributed by atoms with van der Waals surface area (Å²) in [7, 11) is 0. The van der Waals surface area contributed by atoms with Gasteiger partial charge in [-0.15, -0.1) is 0 Å². The SMILES string of the molecule is Cc1cccc(-c2nn(-c3ccccc3)cc2/C=N/NC(=O)c2ccn(Cc3ccc(Cl)cc3)n2)c1. The Bertz CT molecular complexity index is 1520. The number of benzene rings is 3.